The Kier molecular flexibility index (Phi) is 8.04. The number of benzene rings is 1. The number of anilines is 1. The fraction of sp³-hybridized carbons (Fsp3) is 0.529. The molecule has 0 aromatic heterocycles. The fourth-order valence-electron chi connectivity index (χ4n) is 2.16. The van der Waals surface area contributed by atoms with Crippen LogP contribution in [0, 0.1) is 0 Å². The lowest BCUT2D eigenvalue weighted by Crippen LogP contribution is -2.45. The summed E-state index contributed by atoms with van der Waals surface area (Å²) in [6.45, 7) is 5.76. The van der Waals surface area contributed by atoms with Crippen LogP contribution in [-0.4, -0.2) is 37.6 Å². The molecule has 0 aliphatic rings. The monoisotopic (exact) mass is 385 g/mol. The Bertz CT molecular complexity index is 732. The molecule has 0 atom stereocenters. The molecular formula is C17H27N3O5S. The number of carbonyl (C=O) groups excluding carboxylic acids is 1. The van der Waals surface area contributed by atoms with Crippen molar-refractivity contribution in [1.29, 1.82) is 0 Å². The van der Waals surface area contributed by atoms with Gasteiger partial charge in [0.05, 0.1) is 4.90 Å². The molecular weight excluding hydrogens is 358 g/mol. The predicted octanol–water partition coefficient (Wildman–Crippen LogP) is 2.53. The third kappa shape index (κ3) is 7.83. The third-order valence-corrected chi connectivity index (χ3v) is 5.10. The van der Waals surface area contributed by atoms with Crippen molar-refractivity contribution in [3.8, 4) is 0 Å². The van der Waals surface area contributed by atoms with Gasteiger partial charge in [-0.2, -0.15) is 0 Å². The van der Waals surface area contributed by atoms with Gasteiger partial charge in [-0.25, -0.2) is 17.9 Å². The molecule has 1 aromatic carbocycles. The highest BCUT2D eigenvalue weighted by Crippen LogP contribution is 2.16. The van der Waals surface area contributed by atoms with Gasteiger partial charge in [0.1, 0.15) is 0 Å². The number of sulfonamides is 1. The first-order valence-electron chi connectivity index (χ1n) is 8.46. The zero-order valence-corrected chi connectivity index (χ0v) is 16.1. The lowest BCUT2D eigenvalue weighted by Gasteiger charge is -2.25. The topological polar surface area (TPSA) is 125 Å². The number of hydrogen-bond acceptors (Lipinski definition) is 4. The van der Waals surface area contributed by atoms with Crippen LogP contribution in [0.15, 0.2) is 29.2 Å². The largest absolute Gasteiger partial charge is 0.481 e. The molecule has 0 aliphatic carbocycles. The van der Waals surface area contributed by atoms with E-state index in [2.05, 4.69) is 15.4 Å². The lowest BCUT2D eigenvalue weighted by molar-refractivity contribution is -0.137. The SMILES string of the molecule is CCCCNS(=O)(=O)c1cccc(NC(=O)NC(C)(C)CCC(=O)O)c1. The number of nitrogens with one attached hydrogen (secondary N) is 3. The van der Waals surface area contributed by atoms with Crippen LogP contribution in [0.5, 0.6) is 0 Å². The Morgan fingerprint density at radius 2 is 1.92 bits per heavy atom. The number of carbonyl (C=O) groups is 2. The first-order valence-corrected chi connectivity index (χ1v) is 9.95. The maximum absolute atomic E-state index is 12.2. The molecule has 0 fully saturated rings. The Morgan fingerprint density at radius 3 is 2.54 bits per heavy atom. The van der Waals surface area contributed by atoms with Crippen molar-refractivity contribution in [3.05, 3.63) is 24.3 Å². The van der Waals surface area contributed by atoms with Gasteiger partial charge in [0.25, 0.3) is 0 Å². The zero-order valence-electron chi connectivity index (χ0n) is 15.3. The van der Waals surface area contributed by atoms with E-state index in [1.165, 1.54) is 12.1 Å². The van der Waals surface area contributed by atoms with Crippen molar-refractivity contribution in [3.63, 3.8) is 0 Å². The van der Waals surface area contributed by atoms with E-state index >= 15 is 0 Å². The molecule has 0 unspecified atom stereocenters. The van der Waals surface area contributed by atoms with Gasteiger partial charge in [0, 0.05) is 24.2 Å². The number of carboxylic acids is 1. The van der Waals surface area contributed by atoms with Gasteiger partial charge < -0.3 is 15.7 Å². The molecule has 1 aromatic rings. The van der Waals surface area contributed by atoms with E-state index in [0.29, 0.717) is 12.2 Å². The fourth-order valence-corrected chi connectivity index (χ4v) is 3.28. The van der Waals surface area contributed by atoms with Gasteiger partial charge in [-0.15, -0.1) is 0 Å². The lowest BCUT2D eigenvalue weighted by atomic mass is 9.99. The second-order valence-electron chi connectivity index (χ2n) is 6.64. The van der Waals surface area contributed by atoms with E-state index in [9.17, 15) is 18.0 Å². The van der Waals surface area contributed by atoms with Gasteiger partial charge >= 0.3 is 12.0 Å². The number of aliphatic carboxylic acids is 1. The maximum atomic E-state index is 12.2. The van der Waals surface area contributed by atoms with Crippen LogP contribution in [0.25, 0.3) is 0 Å². The Balaban J connectivity index is 2.73. The zero-order chi connectivity index (χ0) is 19.8. The summed E-state index contributed by atoms with van der Waals surface area (Å²) < 4.78 is 27.0. The highest BCUT2D eigenvalue weighted by Gasteiger charge is 2.22. The molecule has 0 aliphatic heterocycles. The summed E-state index contributed by atoms with van der Waals surface area (Å²) in [5, 5.41) is 14.0. The second kappa shape index (κ2) is 9.54. The standard InChI is InChI=1S/C17H27N3O5S/c1-4-5-11-18-26(24,25)14-8-6-7-13(12-14)19-16(23)20-17(2,3)10-9-15(21)22/h6-8,12,18H,4-5,9-11H2,1-3H3,(H,21,22)(H2,19,20,23). The van der Waals surface area contributed by atoms with E-state index < -0.39 is 27.6 Å². The van der Waals surface area contributed by atoms with Crippen molar-refractivity contribution >= 4 is 27.7 Å². The molecule has 0 heterocycles. The molecule has 146 valence electrons. The van der Waals surface area contributed by atoms with Crippen molar-refractivity contribution < 1.29 is 23.1 Å². The predicted molar refractivity (Wildman–Crippen MR) is 99.6 cm³/mol. The number of rotatable bonds is 10. The summed E-state index contributed by atoms with van der Waals surface area (Å²) in [4.78, 5) is 22.8. The Morgan fingerprint density at radius 1 is 1.23 bits per heavy atom. The minimum absolute atomic E-state index is 0.0650. The summed E-state index contributed by atoms with van der Waals surface area (Å²) in [6, 6.07) is 5.41. The highest BCUT2D eigenvalue weighted by molar-refractivity contribution is 7.89. The van der Waals surface area contributed by atoms with Crippen LogP contribution in [-0.2, 0) is 14.8 Å². The van der Waals surface area contributed by atoms with E-state index in [1.54, 1.807) is 26.0 Å². The van der Waals surface area contributed by atoms with Crippen LogP contribution in [0.3, 0.4) is 0 Å². The Labute approximate surface area is 154 Å². The molecule has 2 amide bonds. The normalized spacial score (nSPS) is 11.8. The first kappa shape index (κ1) is 21.9. The third-order valence-electron chi connectivity index (χ3n) is 3.64. The number of urea groups is 1. The van der Waals surface area contributed by atoms with Crippen molar-refractivity contribution in [2.45, 2.75) is 56.9 Å². The molecule has 0 radical (unpaired) electrons. The summed E-state index contributed by atoms with van der Waals surface area (Å²) in [5.41, 5.74) is -0.386. The van der Waals surface area contributed by atoms with Crippen molar-refractivity contribution in [2.75, 3.05) is 11.9 Å². The summed E-state index contributed by atoms with van der Waals surface area (Å²) >= 11 is 0. The van der Waals surface area contributed by atoms with Gasteiger partial charge in [0.2, 0.25) is 10.0 Å². The number of carboxylic acid groups (broad SMARTS) is 1. The van der Waals surface area contributed by atoms with E-state index in [0.717, 1.165) is 12.8 Å². The molecule has 0 saturated carbocycles. The van der Waals surface area contributed by atoms with Crippen LogP contribution in [0.1, 0.15) is 46.5 Å². The second-order valence-corrected chi connectivity index (χ2v) is 8.40. The molecule has 8 nitrogen and oxygen atoms in total. The summed E-state index contributed by atoms with van der Waals surface area (Å²) in [5.74, 6) is -0.936. The van der Waals surface area contributed by atoms with Crippen molar-refractivity contribution in [2.24, 2.45) is 0 Å². The highest BCUT2D eigenvalue weighted by atomic mass is 32.2. The van der Waals surface area contributed by atoms with Crippen LogP contribution < -0.4 is 15.4 Å². The minimum atomic E-state index is -3.63. The number of amides is 2. The summed E-state index contributed by atoms with van der Waals surface area (Å²) in [6.07, 6.45) is 1.82. The van der Waals surface area contributed by atoms with Crippen LogP contribution in [0.4, 0.5) is 10.5 Å². The van der Waals surface area contributed by atoms with Gasteiger partial charge in [-0.3, -0.25) is 4.79 Å². The van der Waals surface area contributed by atoms with Gasteiger partial charge in [-0.05, 0) is 44.9 Å². The maximum Gasteiger partial charge on any atom is 0.319 e. The van der Waals surface area contributed by atoms with E-state index in [4.69, 9.17) is 5.11 Å². The average molecular weight is 385 g/mol. The first-order chi connectivity index (χ1) is 12.1. The van der Waals surface area contributed by atoms with Crippen LogP contribution >= 0.6 is 0 Å². The van der Waals surface area contributed by atoms with Crippen LogP contribution in [0.2, 0.25) is 0 Å². The molecule has 4 N–H and O–H groups in total. The molecule has 0 bridgehead atoms. The smallest absolute Gasteiger partial charge is 0.319 e. The molecule has 9 heteroatoms. The number of unbranched alkanes of at least 4 members (excludes halogenated alkanes) is 1. The minimum Gasteiger partial charge on any atom is -0.481 e. The molecule has 26 heavy (non-hydrogen) atoms. The Hall–Kier alpha value is -2.13. The van der Waals surface area contributed by atoms with E-state index in [-0.39, 0.29) is 17.7 Å². The van der Waals surface area contributed by atoms with Gasteiger partial charge in [-0.1, -0.05) is 19.4 Å². The quantitative estimate of drug-likeness (QED) is 0.461. The van der Waals surface area contributed by atoms with Gasteiger partial charge in [0.15, 0.2) is 0 Å². The molecule has 1 rings (SSSR count). The molecule has 0 spiro atoms. The average Bonchev–Trinajstić information content (AvgIpc) is 2.53. The molecule has 0 saturated heterocycles. The van der Waals surface area contributed by atoms with Crippen molar-refractivity contribution in [1.82, 2.24) is 10.0 Å². The number of hydrogen-bond donors (Lipinski definition) is 4. The van der Waals surface area contributed by atoms with E-state index in [1.807, 2.05) is 6.92 Å². The summed E-state index contributed by atoms with van der Waals surface area (Å²) in [7, 11) is -3.63.